The van der Waals surface area contributed by atoms with E-state index in [0.29, 0.717) is 12.5 Å². The van der Waals surface area contributed by atoms with Crippen molar-refractivity contribution in [2.45, 2.75) is 18.8 Å². The molecule has 1 atom stereocenters. The molecule has 0 aliphatic carbocycles. The lowest BCUT2D eigenvalue weighted by atomic mass is 9.94. The molecule has 1 unspecified atom stereocenters. The van der Waals surface area contributed by atoms with Crippen LogP contribution in [0.25, 0.3) is 0 Å². The lowest BCUT2D eigenvalue weighted by molar-refractivity contribution is 0.0803. The van der Waals surface area contributed by atoms with Gasteiger partial charge in [0.1, 0.15) is 11.6 Å². The van der Waals surface area contributed by atoms with Gasteiger partial charge in [-0.2, -0.15) is 5.26 Å². The molecule has 0 spiro atoms. The Morgan fingerprint density at radius 3 is 3.13 bits per heavy atom. The topological polar surface area (TPSA) is 65.9 Å². The van der Waals surface area contributed by atoms with Crippen LogP contribution in [0.15, 0.2) is 17.1 Å². The van der Waals surface area contributed by atoms with Crippen LogP contribution >= 0.6 is 0 Å². The van der Waals surface area contributed by atoms with Gasteiger partial charge in [-0.3, -0.25) is 4.79 Å². The molecule has 1 aromatic rings. The Balaban J connectivity index is 2.29. The largest absolute Gasteiger partial charge is 0.381 e. The van der Waals surface area contributed by atoms with Gasteiger partial charge in [-0.05, 0) is 24.5 Å². The molecule has 1 aromatic heterocycles. The van der Waals surface area contributed by atoms with Gasteiger partial charge in [0.15, 0.2) is 0 Å². The molecule has 2 heterocycles. The minimum atomic E-state index is -0.321. The number of H-pyrrole nitrogens is 1. The number of aromatic amines is 1. The molecule has 4 nitrogen and oxygen atoms in total. The fraction of sp³-hybridized carbons (Fsp3) is 0.455. The Hall–Kier alpha value is -1.60. The van der Waals surface area contributed by atoms with E-state index >= 15 is 0 Å². The van der Waals surface area contributed by atoms with Crippen LogP contribution in [0.4, 0.5) is 0 Å². The van der Waals surface area contributed by atoms with Crippen molar-refractivity contribution in [1.82, 2.24) is 4.98 Å². The molecule has 0 saturated carbocycles. The third-order valence-corrected chi connectivity index (χ3v) is 2.68. The third kappa shape index (κ3) is 2.08. The highest BCUT2D eigenvalue weighted by molar-refractivity contribution is 5.31. The minimum Gasteiger partial charge on any atom is -0.381 e. The zero-order chi connectivity index (χ0) is 10.7. The first-order valence-corrected chi connectivity index (χ1v) is 5.01. The van der Waals surface area contributed by atoms with E-state index < -0.39 is 0 Å². The van der Waals surface area contributed by atoms with Gasteiger partial charge in [-0.1, -0.05) is 0 Å². The van der Waals surface area contributed by atoms with E-state index in [2.05, 4.69) is 4.98 Å². The Kier molecular flexibility index (Phi) is 2.84. The second-order valence-corrected chi connectivity index (χ2v) is 3.70. The van der Waals surface area contributed by atoms with Crippen LogP contribution in [0.5, 0.6) is 0 Å². The maximum absolute atomic E-state index is 11.2. The highest BCUT2D eigenvalue weighted by Gasteiger charge is 2.16. The minimum absolute atomic E-state index is 0.179. The summed E-state index contributed by atoms with van der Waals surface area (Å²) in [6.07, 6.45) is 3.77. The van der Waals surface area contributed by atoms with Crippen molar-refractivity contribution < 1.29 is 4.74 Å². The molecule has 2 rings (SSSR count). The summed E-state index contributed by atoms with van der Waals surface area (Å²) >= 11 is 0. The summed E-state index contributed by atoms with van der Waals surface area (Å²) in [7, 11) is 0. The zero-order valence-electron chi connectivity index (χ0n) is 8.32. The SMILES string of the molecule is N#Cc1cc(C2CCCOC2)c[nH]c1=O. The average molecular weight is 204 g/mol. The number of hydrogen-bond donors (Lipinski definition) is 1. The van der Waals surface area contributed by atoms with Gasteiger partial charge in [0.2, 0.25) is 0 Å². The Morgan fingerprint density at radius 1 is 1.60 bits per heavy atom. The molecule has 1 fully saturated rings. The van der Waals surface area contributed by atoms with Crippen LogP contribution in [0.1, 0.15) is 29.9 Å². The zero-order valence-corrected chi connectivity index (χ0v) is 8.32. The molecular weight excluding hydrogens is 192 g/mol. The van der Waals surface area contributed by atoms with Gasteiger partial charge in [0, 0.05) is 18.7 Å². The number of nitriles is 1. The molecule has 78 valence electrons. The van der Waals surface area contributed by atoms with Crippen LogP contribution in [0, 0.1) is 11.3 Å². The summed E-state index contributed by atoms with van der Waals surface area (Å²) in [6, 6.07) is 3.56. The third-order valence-electron chi connectivity index (χ3n) is 2.68. The molecule has 1 aliphatic rings. The molecule has 0 bridgehead atoms. The predicted molar refractivity (Wildman–Crippen MR) is 54.6 cm³/mol. The van der Waals surface area contributed by atoms with Crippen molar-refractivity contribution in [2.24, 2.45) is 0 Å². The van der Waals surface area contributed by atoms with Gasteiger partial charge in [-0.15, -0.1) is 0 Å². The first-order valence-electron chi connectivity index (χ1n) is 5.01. The van der Waals surface area contributed by atoms with E-state index in [-0.39, 0.29) is 11.1 Å². The number of rotatable bonds is 1. The number of hydrogen-bond acceptors (Lipinski definition) is 3. The fourth-order valence-corrected chi connectivity index (χ4v) is 1.82. The van der Waals surface area contributed by atoms with E-state index in [9.17, 15) is 4.79 Å². The molecule has 4 heteroatoms. The van der Waals surface area contributed by atoms with Crippen LogP contribution in [0.2, 0.25) is 0 Å². The number of nitrogens with one attached hydrogen (secondary N) is 1. The first-order chi connectivity index (χ1) is 7.31. The van der Waals surface area contributed by atoms with E-state index in [4.69, 9.17) is 10.00 Å². The maximum atomic E-state index is 11.2. The molecule has 1 N–H and O–H groups in total. The molecule has 1 saturated heterocycles. The highest BCUT2D eigenvalue weighted by Crippen LogP contribution is 2.24. The molecule has 0 aromatic carbocycles. The predicted octanol–water partition coefficient (Wildman–Crippen LogP) is 1.14. The highest BCUT2D eigenvalue weighted by atomic mass is 16.5. The second-order valence-electron chi connectivity index (χ2n) is 3.70. The number of ether oxygens (including phenoxy) is 1. The molecule has 0 amide bonds. The first kappa shape index (κ1) is 9.94. The fourth-order valence-electron chi connectivity index (χ4n) is 1.82. The Labute approximate surface area is 87.5 Å². The normalized spacial score (nSPS) is 20.9. The maximum Gasteiger partial charge on any atom is 0.265 e. The lowest BCUT2D eigenvalue weighted by Gasteiger charge is -2.22. The van der Waals surface area contributed by atoms with Crippen molar-refractivity contribution >= 4 is 0 Å². The number of pyridine rings is 1. The monoisotopic (exact) mass is 204 g/mol. The molecule has 0 radical (unpaired) electrons. The summed E-state index contributed by atoms with van der Waals surface area (Å²) in [5.74, 6) is 0.308. The van der Waals surface area contributed by atoms with Gasteiger partial charge in [0.25, 0.3) is 5.56 Å². The molecule has 1 aliphatic heterocycles. The van der Waals surface area contributed by atoms with E-state index in [0.717, 1.165) is 25.0 Å². The van der Waals surface area contributed by atoms with Crippen molar-refractivity contribution in [3.8, 4) is 6.07 Å². The summed E-state index contributed by atoms with van der Waals surface area (Å²) in [4.78, 5) is 13.8. The van der Waals surface area contributed by atoms with Crippen molar-refractivity contribution in [3.05, 3.63) is 33.7 Å². The standard InChI is InChI=1S/C11H12N2O2/c12-5-9-4-10(6-13-11(9)14)8-2-1-3-15-7-8/h4,6,8H,1-3,7H2,(H,13,14). The van der Waals surface area contributed by atoms with Gasteiger partial charge < -0.3 is 9.72 Å². The summed E-state index contributed by atoms with van der Waals surface area (Å²) in [5, 5.41) is 8.74. The molecule has 15 heavy (non-hydrogen) atoms. The van der Waals surface area contributed by atoms with E-state index in [1.807, 2.05) is 6.07 Å². The lowest BCUT2D eigenvalue weighted by Crippen LogP contribution is -2.18. The summed E-state index contributed by atoms with van der Waals surface area (Å²) in [5.41, 5.74) is 0.849. The van der Waals surface area contributed by atoms with Crippen LogP contribution in [-0.2, 0) is 4.74 Å². The van der Waals surface area contributed by atoms with Gasteiger partial charge in [0.05, 0.1) is 6.61 Å². The van der Waals surface area contributed by atoms with Gasteiger partial charge in [-0.25, -0.2) is 0 Å². The average Bonchev–Trinajstić information content (AvgIpc) is 2.31. The quantitative estimate of drug-likeness (QED) is 0.746. The van der Waals surface area contributed by atoms with Crippen molar-refractivity contribution in [2.75, 3.05) is 13.2 Å². The summed E-state index contributed by atoms with van der Waals surface area (Å²) < 4.78 is 5.37. The van der Waals surface area contributed by atoms with E-state index in [1.54, 1.807) is 12.3 Å². The molecular formula is C11H12N2O2. The number of aromatic nitrogens is 1. The number of nitrogens with zero attached hydrogens (tertiary/aromatic N) is 1. The van der Waals surface area contributed by atoms with Crippen LogP contribution in [0.3, 0.4) is 0 Å². The van der Waals surface area contributed by atoms with Crippen molar-refractivity contribution in [3.63, 3.8) is 0 Å². The second kappa shape index (κ2) is 4.28. The van der Waals surface area contributed by atoms with Crippen molar-refractivity contribution in [1.29, 1.82) is 5.26 Å². The van der Waals surface area contributed by atoms with Crippen LogP contribution < -0.4 is 5.56 Å². The van der Waals surface area contributed by atoms with E-state index in [1.165, 1.54) is 0 Å². The Morgan fingerprint density at radius 2 is 2.47 bits per heavy atom. The smallest absolute Gasteiger partial charge is 0.265 e. The van der Waals surface area contributed by atoms with Gasteiger partial charge >= 0.3 is 0 Å². The summed E-state index contributed by atoms with van der Waals surface area (Å²) in [6.45, 7) is 1.49. The Bertz CT molecular complexity index is 439. The van der Waals surface area contributed by atoms with Crippen LogP contribution in [-0.4, -0.2) is 18.2 Å².